The lowest BCUT2D eigenvalue weighted by molar-refractivity contribution is -0.875. The molecule has 0 saturated carbocycles. The molecule has 0 aliphatic carbocycles. The van der Waals surface area contributed by atoms with Gasteiger partial charge in [0.25, 0.3) is 0 Å². The summed E-state index contributed by atoms with van der Waals surface area (Å²) in [7, 11) is 2.34. The molecule has 164 valence electrons. The van der Waals surface area contributed by atoms with Crippen molar-refractivity contribution >= 4 is 0 Å². The number of hydrogen-bond acceptors (Lipinski definition) is 1. The van der Waals surface area contributed by atoms with E-state index in [2.05, 4.69) is 61.6 Å². The van der Waals surface area contributed by atoms with E-state index in [-0.39, 0.29) is 0 Å². The minimum atomic E-state index is 1.00. The van der Waals surface area contributed by atoms with Crippen LogP contribution in [0.15, 0.2) is 42.7 Å². The van der Waals surface area contributed by atoms with Crippen LogP contribution in [0, 0.1) is 0 Å². The Labute approximate surface area is 181 Å². The van der Waals surface area contributed by atoms with E-state index < -0.39 is 0 Å². The van der Waals surface area contributed by atoms with Crippen LogP contribution in [0.3, 0.4) is 0 Å². The van der Waals surface area contributed by atoms with Gasteiger partial charge in [-0.1, -0.05) is 121 Å². The van der Waals surface area contributed by atoms with Gasteiger partial charge in [-0.3, -0.25) is 4.48 Å². The fourth-order valence-corrected chi connectivity index (χ4v) is 4.52. The van der Waals surface area contributed by atoms with Crippen LogP contribution in [-0.2, 0) is 6.54 Å². The average Bonchev–Trinajstić information content (AvgIpc) is 3.09. The van der Waals surface area contributed by atoms with E-state index >= 15 is 0 Å². The van der Waals surface area contributed by atoms with E-state index in [1.807, 2.05) is 0 Å². The van der Waals surface area contributed by atoms with Gasteiger partial charge >= 0.3 is 0 Å². The molecule has 2 rings (SSSR count). The van der Waals surface area contributed by atoms with Gasteiger partial charge in [-0.2, -0.15) is 0 Å². The fraction of sp³-hybridized carbons (Fsp3) is 0.704. The highest BCUT2D eigenvalue weighted by molar-refractivity contribution is 5.13. The molecule has 0 N–H and O–H groups in total. The van der Waals surface area contributed by atoms with E-state index in [0.29, 0.717) is 0 Å². The lowest BCUT2D eigenvalue weighted by atomic mass is 10.0. The third kappa shape index (κ3) is 10.9. The lowest BCUT2D eigenvalue weighted by Crippen LogP contribution is -2.40. The average molecular weight is 400 g/mol. The van der Waals surface area contributed by atoms with Gasteiger partial charge in [0, 0.05) is 12.1 Å². The molecular weight excluding hydrogens is 352 g/mol. The van der Waals surface area contributed by atoms with Gasteiger partial charge in [0.05, 0.1) is 13.2 Å². The van der Waals surface area contributed by atoms with E-state index in [4.69, 9.17) is 0 Å². The second kappa shape index (κ2) is 14.7. The first kappa shape index (κ1) is 24.0. The lowest BCUT2D eigenvalue weighted by Gasteiger charge is -2.28. The van der Waals surface area contributed by atoms with Gasteiger partial charge in [-0.05, 0) is 6.42 Å². The molecule has 0 fully saturated rings. The zero-order valence-corrected chi connectivity index (χ0v) is 19.5. The Morgan fingerprint density at radius 1 is 0.724 bits per heavy atom. The molecule has 1 aromatic rings. The van der Waals surface area contributed by atoms with Gasteiger partial charge < -0.3 is 4.90 Å². The van der Waals surface area contributed by atoms with Crippen molar-refractivity contribution in [2.45, 2.75) is 103 Å². The number of rotatable bonds is 17. The van der Waals surface area contributed by atoms with Gasteiger partial charge in [0.1, 0.15) is 12.7 Å². The third-order valence-electron chi connectivity index (χ3n) is 6.33. The van der Waals surface area contributed by atoms with Gasteiger partial charge in [0.15, 0.2) is 6.67 Å². The largest absolute Gasteiger partial charge is 0.326 e. The Morgan fingerprint density at radius 2 is 1.24 bits per heavy atom. The summed E-state index contributed by atoms with van der Waals surface area (Å²) in [6, 6.07) is 10.9. The standard InChI is InChI=1S/C27H47N2/c1-3-4-5-6-7-8-9-10-11-12-13-14-15-19-22-28-23-24-29(2,26-28)25-27-20-17-16-18-21-27/h16-18,20-21,23-24H,3-15,19,22,25-26H2,1-2H3/q+1. The molecule has 1 heterocycles. The minimum absolute atomic E-state index is 1.00. The molecule has 29 heavy (non-hydrogen) atoms. The summed E-state index contributed by atoms with van der Waals surface area (Å²) < 4.78 is 1.00. The molecule has 1 aliphatic rings. The van der Waals surface area contributed by atoms with Crippen molar-refractivity contribution in [3.8, 4) is 0 Å². The van der Waals surface area contributed by atoms with E-state index in [1.54, 1.807) is 0 Å². The predicted octanol–water partition coefficient (Wildman–Crippen LogP) is 7.86. The highest BCUT2D eigenvalue weighted by Gasteiger charge is 2.27. The third-order valence-corrected chi connectivity index (χ3v) is 6.33. The Kier molecular flexibility index (Phi) is 12.1. The van der Waals surface area contributed by atoms with Crippen molar-refractivity contribution in [2.24, 2.45) is 0 Å². The Hall–Kier alpha value is -1.28. The second-order valence-electron chi connectivity index (χ2n) is 9.47. The van der Waals surface area contributed by atoms with Crippen LogP contribution in [0.4, 0.5) is 0 Å². The van der Waals surface area contributed by atoms with Crippen molar-refractivity contribution in [3.63, 3.8) is 0 Å². The van der Waals surface area contributed by atoms with Crippen LogP contribution in [0.25, 0.3) is 0 Å². The highest BCUT2D eigenvalue weighted by Crippen LogP contribution is 2.20. The fourth-order valence-electron chi connectivity index (χ4n) is 4.52. The normalized spacial score (nSPS) is 18.6. The summed E-state index contributed by atoms with van der Waals surface area (Å²) >= 11 is 0. The maximum Gasteiger partial charge on any atom is 0.158 e. The Balaban J connectivity index is 1.39. The van der Waals surface area contributed by atoms with Crippen LogP contribution in [-0.4, -0.2) is 29.6 Å². The van der Waals surface area contributed by atoms with Crippen LogP contribution in [0.5, 0.6) is 0 Å². The summed E-state index contributed by atoms with van der Waals surface area (Å²) in [4.78, 5) is 2.52. The first-order valence-electron chi connectivity index (χ1n) is 12.5. The Morgan fingerprint density at radius 3 is 1.79 bits per heavy atom. The summed E-state index contributed by atoms with van der Waals surface area (Å²) in [5, 5.41) is 0. The van der Waals surface area contributed by atoms with Crippen molar-refractivity contribution in [1.82, 2.24) is 4.90 Å². The molecule has 0 saturated heterocycles. The summed E-state index contributed by atoms with van der Waals surface area (Å²) in [5.41, 5.74) is 1.43. The number of benzene rings is 1. The molecular formula is C27H47N2+. The van der Waals surface area contributed by atoms with Gasteiger partial charge in [-0.25, -0.2) is 0 Å². The highest BCUT2D eigenvalue weighted by atomic mass is 15.5. The number of quaternary nitrogens is 1. The van der Waals surface area contributed by atoms with E-state index in [9.17, 15) is 0 Å². The molecule has 1 aliphatic heterocycles. The molecule has 0 radical (unpaired) electrons. The van der Waals surface area contributed by atoms with Crippen LogP contribution < -0.4 is 0 Å². The molecule has 1 atom stereocenters. The van der Waals surface area contributed by atoms with Gasteiger partial charge in [-0.15, -0.1) is 0 Å². The van der Waals surface area contributed by atoms with Crippen molar-refractivity contribution in [3.05, 3.63) is 48.3 Å². The van der Waals surface area contributed by atoms with Crippen molar-refractivity contribution < 1.29 is 4.48 Å². The maximum atomic E-state index is 2.52. The van der Waals surface area contributed by atoms with Gasteiger partial charge in [0.2, 0.25) is 0 Å². The SMILES string of the molecule is CCCCCCCCCCCCCCCCN1C=C[N+](C)(Cc2ccccc2)C1. The first-order chi connectivity index (χ1) is 14.2. The van der Waals surface area contributed by atoms with Crippen LogP contribution in [0.1, 0.15) is 102 Å². The zero-order valence-electron chi connectivity index (χ0n) is 19.5. The summed E-state index contributed by atoms with van der Waals surface area (Å²) in [5.74, 6) is 0. The first-order valence-corrected chi connectivity index (χ1v) is 12.5. The second-order valence-corrected chi connectivity index (χ2v) is 9.47. The quantitative estimate of drug-likeness (QED) is 0.190. The van der Waals surface area contributed by atoms with E-state index in [0.717, 1.165) is 17.7 Å². The number of unbranched alkanes of at least 4 members (excludes halogenated alkanes) is 13. The monoisotopic (exact) mass is 399 g/mol. The number of hydrogen-bond donors (Lipinski definition) is 0. The van der Waals surface area contributed by atoms with Crippen LogP contribution in [0.2, 0.25) is 0 Å². The molecule has 0 amide bonds. The molecule has 2 heteroatoms. The smallest absolute Gasteiger partial charge is 0.158 e. The molecule has 0 aromatic heterocycles. The molecule has 1 unspecified atom stereocenters. The number of nitrogens with zero attached hydrogens (tertiary/aromatic N) is 2. The zero-order chi connectivity index (χ0) is 20.6. The Bertz CT molecular complexity index is 539. The molecule has 1 aromatic carbocycles. The summed E-state index contributed by atoms with van der Waals surface area (Å²) in [6.07, 6.45) is 24.8. The minimum Gasteiger partial charge on any atom is -0.326 e. The molecule has 2 nitrogen and oxygen atoms in total. The van der Waals surface area contributed by atoms with E-state index in [1.165, 1.54) is 102 Å². The topological polar surface area (TPSA) is 3.24 Å². The summed E-state index contributed by atoms with van der Waals surface area (Å²) in [6.45, 7) is 5.72. The van der Waals surface area contributed by atoms with Crippen LogP contribution >= 0.6 is 0 Å². The molecule has 0 spiro atoms. The van der Waals surface area contributed by atoms with Crippen molar-refractivity contribution in [2.75, 3.05) is 20.3 Å². The molecule has 0 bridgehead atoms. The predicted molar refractivity (Wildman–Crippen MR) is 127 cm³/mol. The maximum absolute atomic E-state index is 2.52. The van der Waals surface area contributed by atoms with Crippen molar-refractivity contribution in [1.29, 1.82) is 0 Å².